The number of hydrogen-bond donors (Lipinski definition) is 1. The molecular formula is C21H14BrF3N2O5. The lowest BCUT2D eigenvalue weighted by molar-refractivity contribution is -0.385. The summed E-state index contributed by atoms with van der Waals surface area (Å²) in [6.07, 6.45) is -4.75. The van der Waals surface area contributed by atoms with Crippen molar-refractivity contribution in [3.63, 3.8) is 0 Å². The number of nitrogens with one attached hydrogen (secondary N) is 1. The molecule has 0 aliphatic rings. The Balaban J connectivity index is 1.88. The molecule has 0 saturated heterocycles. The maximum Gasteiger partial charge on any atom is 0.416 e. The van der Waals surface area contributed by atoms with Crippen LogP contribution in [0.4, 0.5) is 24.5 Å². The number of anilines is 1. The molecule has 3 aromatic rings. The van der Waals surface area contributed by atoms with Gasteiger partial charge in [-0.3, -0.25) is 14.9 Å². The highest BCUT2D eigenvalue weighted by atomic mass is 79.9. The van der Waals surface area contributed by atoms with E-state index in [2.05, 4.69) is 21.2 Å². The summed E-state index contributed by atoms with van der Waals surface area (Å²) in [5, 5.41) is 14.0. The summed E-state index contributed by atoms with van der Waals surface area (Å²) in [5.74, 6) is -0.823. The number of ether oxygens (including phenoxy) is 2. The summed E-state index contributed by atoms with van der Waals surface area (Å²) >= 11 is 3.31. The fraction of sp³-hybridized carbons (Fsp3) is 0.0952. The van der Waals surface area contributed by atoms with Gasteiger partial charge in [-0.15, -0.1) is 0 Å². The lowest BCUT2D eigenvalue weighted by Gasteiger charge is -2.13. The number of carbonyl (C=O) groups is 1. The number of benzene rings is 3. The highest BCUT2D eigenvalue weighted by Gasteiger charge is 2.33. The third-order valence-electron chi connectivity index (χ3n) is 4.21. The third kappa shape index (κ3) is 5.35. The fourth-order valence-electron chi connectivity index (χ4n) is 2.70. The van der Waals surface area contributed by atoms with E-state index < -0.39 is 34.0 Å². The van der Waals surface area contributed by atoms with Gasteiger partial charge in [-0.25, -0.2) is 0 Å². The van der Waals surface area contributed by atoms with Crippen LogP contribution in [0.25, 0.3) is 0 Å². The lowest BCUT2D eigenvalue weighted by atomic mass is 10.1. The molecule has 1 amide bonds. The van der Waals surface area contributed by atoms with Crippen LogP contribution in [0.2, 0.25) is 0 Å². The summed E-state index contributed by atoms with van der Waals surface area (Å²) in [6, 6.07) is 12.9. The highest BCUT2D eigenvalue weighted by Crippen LogP contribution is 2.40. The Morgan fingerprint density at radius 2 is 1.75 bits per heavy atom. The van der Waals surface area contributed by atoms with Crippen molar-refractivity contribution in [3.8, 4) is 17.2 Å². The van der Waals surface area contributed by atoms with E-state index in [-0.39, 0.29) is 17.1 Å². The number of alkyl halides is 3. The maximum absolute atomic E-state index is 12.9. The third-order valence-corrected chi connectivity index (χ3v) is 4.70. The number of carbonyl (C=O) groups excluding carboxylic acids is 1. The predicted molar refractivity (Wildman–Crippen MR) is 113 cm³/mol. The SMILES string of the molecule is COc1cc(C(=O)Nc2cccc(Br)c2)ccc1Oc1ccc(C(F)(F)F)cc1[N+](=O)[O-]. The summed E-state index contributed by atoms with van der Waals surface area (Å²) in [6.45, 7) is 0. The zero-order valence-electron chi connectivity index (χ0n) is 16.3. The highest BCUT2D eigenvalue weighted by molar-refractivity contribution is 9.10. The number of hydrogen-bond acceptors (Lipinski definition) is 5. The van der Waals surface area contributed by atoms with Crippen molar-refractivity contribution < 1.29 is 32.4 Å². The van der Waals surface area contributed by atoms with Gasteiger partial charge in [0.15, 0.2) is 11.5 Å². The molecule has 32 heavy (non-hydrogen) atoms. The normalized spacial score (nSPS) is 11.0. The van der Waals surface area contributed by atoms with Gasteiger partial charge in [0, 0.05) is 21.8 Å². The Labute approximate surface area is 188 Å². The van der Waals surface area contributed by atoms with E-state index in [1.165, 1.54) is 25.3 Å². The zero-order valence-corrected chi connectivity index (χ0v) is 17.9. The first kappa shape index (κ1) is 23.1. The Kier molecular flexibility index (Phi) is 6.68. The summed E-state index contributed by atoms with van der Waals surface area (Å²) in [5.41, 5.74) is -1.29. The quantitative estimate of drug-likeness (QED) is 0.304. The van der Waals surface area contributed by atoms with Crippen molar-refractivity contribution in [2.75, 3.05) is 12.4 Å². The molecule has 3 aromatic carbocycles. The Bertz CT molecular complexity index is 1180. The second-order valence-corrected chi connectivity index (χ2v) is 7.29. The molecule has 0 bridgehead atoms. The van der Waals surface area contributed by atoms with Crippen molar-refractivity contribution in [3.05, 3.63) is 86.4 Å². The molecule has 0 saturated carbocycles. The van der Waals surface area contributed by atoms with Gasteiger partial charge in [0.1, 0.15) is 0 Å². The minimum Gasteiger partial charge on any atom is -0.493 e. The van der Waals surface area contributed by atoms with Crippen LogP contribution >= 0.6 is 15.9 Å². The zero-order chi connectivity index (χ0) is 23.5. The van der Waals surface area contributed by atoms with E-state index >= 15 is 0 Å². The van der Waals surface area contributed by atoms with E-state index in [4.69, 9.17) is 9.47 Å². The van der Waals surface area contributed by atoms with Crippen LogP contribution in [0.3, 0.4) is 0 Å². The first-order chi connectivity index (χ1) is 15.1. The molecule has 0 unspecified atom stereocenters. The Morgan fingerprint density at radius 1 is 1.03 bits per heavy atom. The predicted octanol–water partition coefficient (Wildman–Crippen LogP) is 6.43. The van der Waals surface area contributed by atoms with E-state index in [1.54, 1.807) is 24.3 Å². The van der Waals surface area contributed by atoms with Crippen LogP contribution in [0, 0.1) is 10.1 Å². The monoisotopic (exact) mass is 510 g/mol. The van der Waals surface area contributed by atoms with Crippen LogP contribution in [0.5, 0.6) is 17.2 Å². The molecule has 0 aliphatic heterocycles. The largest absolute Gasteiger partial charge is 0.493 e. The molecular weight excluding hydrogens is 497 g/mol. The smallest absolute Gasteiger partial charge is 0.416 e. The van der Waals surface area contributed by atoms with Crippen molar-refractivity contribution in [2.24, 2.45) is 0 Å². The topological polar surface area (TPSA) is 90.7 Å². The van der Waals surface area contributed by atoms with Crippen molar-refractivity contribution in [2.45, 2.75) is 6.18 Å². The average molecular weight is 511 g/mol. The van der Waals surface area contributed by atoms with Gasteiger partial charge in [0.25, 0.3) is 5.91 Å². The molecule has 0 radical (unpaired) electrons. The number of halogens is 4. The molecule has 166 valence electrons. The Hall–Kier alpha value is -3.60. The van der Waals surface area contributed by atoms with Gasteiger partial charge in [0.2, 0.25) is 5.75 Å². The van der Waals surface area contributed by atoms with E-state index in [0.717, 1.165) is 10.5 Å². The van der Waals surface area contributed by atoms with Gasteiger partial charge in [-0.1, -0.05) is 22.0 Å². The number of methoxy groups -OCH3 is 1. The first-order valence-corrected chi connectivity index (χ1v) is 9.66. The second kappa shape index (κ2) is 9.27. The summed E-state index contributed by atoms with van der Waals surface area (Å²) < 4.78 is 50.1. The first-order valence-electron chi connectivity index (χ1n) is 8.87. The van der Waals surface area contributed by atoms with Crippen LogP contribution in [-0.4, -0.2) is 17.9 Å². The van der Waals surface area contributed by atoms with E-state index in [0.29, 0.717) is 17.8 Å². The second-order valence-electron chi connectivity index (χ2n) is 6.37. The van der Waals surface area contributed by atoms with Gasteiger partial charge in [0.05, 0.1) is 17.6 Å². The number of nitrogens with zero attached hydrogens (tertiary/aromatic N) is 1. The van der Waals surface area contributed by atoms with Crippen LogP contribution in [0.15, 0.2) is 65.1 Å². The number of nitro benzene ring substituents is 1. The lowest BCUT2D eigenvalue weighted by Crippen LogP contribution is -2.12. The maximum atomic E-state index is 12.9. The van der Waals surface area contributed by atoms with Gasteiger partial charge in [-0.05, 0) is 48.5 Å². The summed E-state index contributed by atoms with van der Waals surface area (Å²) in [7, 11) is 1.29. The molecule has 7 nitrogen and oxygen atoms in total. The molecule has 11 heteroatoms. The standard InChI is InChI=1S/C21H14BrF3N2O5/c1-31-19-9-12(20(28)26-15-4-2-3-14(22)11-15)5-7-18(19)32-17-8-6-13(21(23,24)25)10-16(17)27(29)30/h2-11H,1H3,(H,26,28). The van der Waals surface area contributed by atoms with Crippen LogP contribution in [-0.2, 0) is 6.18 Å². The summed E-state index contributed by atoms with van der Waals surface area (Å²) in [4.78, 5) is 22.8. The van der Waals surface area contributed by atoms with E-state index in [1.807, 2.05) is 0 Å². The van der Waals surface area contributed by atoms with Crippen molar-refractivity contribution >= 4 is 33.2 Å². The van der Waals surface area contributed by atoms with Crippen molar-refractivity contribution in [1.82, 2.24) is 0 Å². The molecule has 1 N–H and O–H groups in total. The van der Waals surface area contributed by atoms with Crippen LogP contribution in [0.1, 0.15) is 15.9 Å². The fourth-order valence-corrected chi connectivity index (χ4v) is 3.10. The molecule has 0 heterocycles. The van der Waals surface area contributed by atoms with E-state index in [9.17, 15) is 28.1 Å². The van der Waals surface area contributed by atoms with Gasteiger partial charge in [-0.2, -0.15) is 13.2 Å². The molecule has 0 fully saturated rings. The molecule has 0 aliphatic carbocycles. The van der Waals surface area contributed by atoms with Crippen molar-refractivity contribution in [1.29, 1.82) is 0 Å². The molecule has 0 atom stereocenters. The van der Waals surface area contributed by atoms with Gasteiger partial charge < -0.3 is 14.8 Å². The Morgan fingerprint density at radius 3 is 2.38 bits per heavy atom. The molecule has 3 rings (SSSR count). The number of amides is 1. The molecule has 0 spiro atoms. The van der Waals surface area contributed by atoms with Gasteiger partial charge >= 0.3 is 11.9 Å². The molecule has 0 aromatic heterocycles. The average Bonchev–Trinajstić information content (AvgIpc) is 2.73. The number of rotatable bonds is 6. The number of nitro groups is 1. The van der Waals surface area contributed by atoms with Crippen LogP contribution < -0.4 is 14.8 Å². The minimum atomic E-state index is -4.75. The minimum absolute atomic E-state index is 0.0191.